The van der Waals surface area contributed by atoms with Crippen LogP contribution in [0.4, 0.5) is 51.2 Å². The van der Waals surface area contributed by atoms with Crippen LogP contribution in [-0.4, -0.2) is 6.71 Å². The predicted octanol–water partition coefficient (Wildman–Crippen LogP) is 23.1. The van der Waals surface area contributed by atoms with Gasteiger partial charge in [0, 0.05) is 54.6 Å². The molecular formula is C87H100BN3S. The van der Waals surface area contributed by atoms with E-state index in [1.807, 2.05) is 0 Å². The van der Waals surface area contributed by atoms with E-state index in [1.165, 1.54) is 148 Å². The Morgan fingerprint density at radius 3 is 1.41 bits per heavy atom. The fourth-order valence-electron chi connectivity index (χ4n) is 17.8. The fraction of sp³-hybridized carbons (Fsp3) is 0.425. The first-order valence-corrected chi connectivity index (χ1v) is 35.8. The van der Waals surface area contributed by atoms with Crippen LogP contribution in [0.1, 0.15) is 239 Å². The van der Waals surface area contributed by atoms with Crippen LogP contribution < -0.4 is 30.4 Å². The molecule has 0 amide bonds. The van der Waals surface area contributed by atoms with Crippen molar-refractivity contribution in [1.29, 1.82) is 0 Å². The number of thiophene rings is 1. The molecule has 92 heavy (non-hydrogen) atoms. The van der Waals surface area contributed by atoms with E-state index in [0.29, 0.717) is 0 Å². The Morgan fingerprint density at radius 2 is 0.880 bits per heavy atom. The Kier molecular flexibility index (Phi) is 13.4. The van der Waals surface area contributed by atoms with Crippen molar-refractivity contribution in [2.24, 2.45) is 0 Å². The summed E-state index contributed by atoms with van der Waals surface area (Å²) in [5, 5.41) is 1.40. The maximum atomic E-state index is 2.87. The van der Waals surface area contributed by atoms with Crippen molar-refractivity contribution >= 4 is 95.0 Å². The molecule has 7 aliphatic rings. The van der Waals surface area contributed by atoms with E-state index in [1.54, 1.807) is 11.1 Å². The highest BCUT2D eigenvalue weighted by molar-refractivity contribution is 7.33. The predicted molar refractivity (Wildman–Crippen MR) is 401 cm³/mol. The summed E-state index contributed by atoms with van der Waals surface area (Å²) in [6.07, 6.45) is 9.58. The number of nitrogens with zero attached hydrogens (tertiary/aromatic N) is 3. The quantitative estimate of drug-likeness (QED) is 0.154. The van der Waals surface area contributed by atoms with E-state index in [-0.39, 0.29) is 55.4 Å². The molecule has 2 bridgehead atoms. The van der Waals surface area contributed by atoms with Gasteiger partial charge in [0.05, 0.1) is 17.1 Å². The summed E-state index contributed by atoms with van der Waals surface area (Å²) < 4.78 is 2.86. The summed E-state index contributed by atoms with van der Waals surface area (Å²) in [5.74, 6) is 0. The lowest BCUT2D eigenvalue weighted by atomic mass is 9.36. The minimum Gasteiger partial charge on any atom is -0.311 e. The van der Waals surface area contributed by atoms with Gasteiger partial charge in [0.15, 0.2) is 0 Å². The van der Waals surface area contributed by atoms with Crippen LogP contribution in [0.25, 0.3) is 21.2 Å². The third-order valence-corrected chi connectivity index (χ3v) is 25.5. The molecular weight excluding hydrogens is 1130 g/mol. The average Bonchev–Trinajstić information content (AvgIpc) is 1.28. The van der Waals surface area contributed by atoms with Gasteiger partial charge in [-0.05, 0) is 252 Å². The normalized spacial score (nSPS) is 21.3. The molecule has 1 fully saturated rings. The molecule has 16 rings (SSSR count). The molecule has 3 nitrogen and oxygen atoms in total. The molecule has 0 spiro atoms. The molecule has 0 atom stereocenters. The molecule has 1 aromatic heterocycles. The summed E-state index contributed by atoms with van der Waals surface area (Å²) >= 11 is 2.10. The molecule has 472 valence electrons. The Bertz CT molecular complexity index is 4480. The summed E-state index contributed by atoms with van der Waals surface area (Å²) in [6, 6.07) is 59.6. The van der Waals surface area contributed by atoms with E-state index in [9.17, 15) is 0 Å². The summed E-state index contributed by atoms with van der Waals surface area (Å²) in [5.41, 5.74) is 31.0. The number of benzene rings is 8. The van der Waals surface area contributed by atoms with Crippen molar-refractivity contribution in [2.75, 3.05) is 14.7 Å². The van der Waals surface area contributed by atoms with Crippen LogP contribution in [0.5, 0.6) is 0 Å². The number of fused-ring (bicyclic) bond motifs is 10. The van der Waals surface area contributed by atoms with Crippen molar-refractivity contribution in [3.63, 3.8) is 0 Å². The molecule has 0 radical (unpaired) electrons. The first-order chi connectivity index (χ1) is 43.1. The van der Waals surface area contributed by atoms with E-state index in [4.69, 9.17) is 0 Å². The van der Waals surface area contributed by atoms with Gasteiger partial charge in [-0.1, -0.05) is 204 Å². The highest BCUT2D eigenvalue weighted by Gasteiger charge is 2.52. The van der Waals surface area contributed by atoms with Crippen molar-refractivity contribution in [3.8, 4) is 11.1 Å². The summed E-state index contributed by atoms with van der Waals surface area (Å²) in [6.45, 7) is 49.0. The van der Waals surface area contributed by atoms with Crippen molar-refractivity contribution in [1.82, 2.24) is 0 Å². The largest absolute Gasteiger partial charge is 0.311 e. The van der Waals surface area contributed by atoms with Gasteiger partial charge in [-0.25, -0.2) is 0 Å². The zero-order chi connectivity index (χ0) is 65.2. The van der Waals surface area contributed by atoms with E-state index in [0.717, 1.165) is 36.3 Å². The third kappa shape index (κ3) is 9.42. The molecule has 5 aliphatic carbocycles. The average molecular weight is 1230 g/mol. The van der Waals surface area contributed by atoms with Crippen molar-refractivity contribution < 1.29 is 0 Å². The minimum atomic E-state index is -0.1000. The van der Waals surface area contributed by atoms with Gasteiger partial charge in [0.1, 0.15) is 0 Å². The zero-order valence-electron chi connectivity index (χ0n) is 59.3. The molecule has 0 unspecified atom stereocenters. The molecule has 0 saturated heterocycles. The number of anilines is 9. The van der Waals surface area contributed by atoms with Gasteiger partial charge in [-0.2, -0.15) is 0 Å². The molecule has 2 aliphatic heterocycles. The highest BCUT2D eigenvalue weighted by Crippen LogP contribution is 2.61. The summed E-state index contributed by atoms with van der Waals surface area (Å²) in [4.78, 5) is 8.29. The van der Waals surface area contributed by atoms with Crippen molar-refractivity contribution in [3.05, 3.63) is 201 Å². The Labute approximate surface area is 557 Å². The van der Waals surface area contributed by atoms with Crippen LogP contribution in [0.15, 0.2) is 146 Å². The van der Waals surface area contributed by atoms with Gasteiger partial charge in [-0.15, -0.1) is 11.3 Å². The number of hydrogen-bond donors (Lipinski definition) is 0. The van der Waals surface area contributed by atoms with Crippen LogP contribution in [-0.2, 0) is 48.7 Å². The zero-order valence-corrected chi connectivity index (χ0v) is 60.2. The second-order valence-electron chi connectivity index (χ2n) is 35.8. The topological polar surface area (TPSA) is 9.72 Å². The first-order valence-electron chi connectivity index (χ1n) is 35.0. The molecule has 0 N–H and O–H groups in total. The van der Waals surface area contributed by atoms with E-state index in [2.05, 4.69) is 310 Å². The second kappa shape index (κ2) is 20.1. The third-order valence-electron chi connectivity index (χ3n) is 24.3. The summed E-state index contributed by atoms with van der Waals surface area (Å²) in [7, 11) is 0. The fourth-order valence-corrected chi connectivity index (χ4v) is 19.1. The SMILES string of the molecule is Cc1cc2c(cc1N1c3cc(C(C)(C)C)ccc3B3c4sc5cc6c(cc5c4N(c4cc5c(cc4-c4ccccc4)C(C)(C)CCC5(C)C)c4cc(N(c5cccc(C(C)(C)C)c5)c5cccc(C(C)(C)C)c5)cc1c43)C1(C)CCC6(C)CC1)C(C)(C)CCC2(C)C. The molecule has 1 saturated carbocycles. The van der Waals surface area contributed by atoms with Gasteiger partial charge in [0.25, 0.3) is 6.71 Å². The first kappa shape index (κ1) is 61.4. The minimum absolute atomic E-state index is 0.000518. The molecule has 3 heterocycles. The smallest absolute Gasteiger partial charge is 0.264 e. The van der Waals surface area contributed by atoms with Gasteiger partial charge >= 0.3 is 0 Å². The van der Waals surface area contributed by atoms with Gasteiger partial charge in [-0.3, -0.25) is 0 Å². The van der Waals surface area contributed by atoms with Crippen LogP contribution in [0.3, 0.4) is 0 Å². The molecule has 9 aromatic rings. The highest BCUT2D eigenvalue weighted by atomic mass is 32.1. The molecule has 5 heteroatoms. The maximum absolute atomic E-state index is 2.87. The monoisotopic (exact) mass is 1230 g/mol. The Hall–Kier alpha value is -6.82. The van der Waals surface area contributed by atoms with Crippen LogP contribution >= 0.6 is 11.3 Å². The number of aryl methyl sites for hydroxylation is 1. The number of hydrogen-bond acceptors (Lipinski definition) is 4. The standard InChI is InChI=1S/C87H100BN3S/c1-53-42-63-65(84(15,16)36-34-82(63,11)12)50-70(53)90-72-45-57(81(8,9)10)32-33-69(72)88-76-73(90)46-60(89(58-30-24-28-55(43-58)79(2,3)4)59-31-25-29-56(44-59)80(5,6)7)47-74(76)91(77-62-49-67-68(52-75(62)92-78(77)88)87(20)40-38-86(67,19)39-41-87)71-51-66-64(83(13,14)35-37-85(66,17)18)48-61(71)54-26-22-21-23-27-54/h21-33,42-52H,34-41H2,1-20H3. The Balaban J connectivity index is 1.15. The van der Waals surface area contributed by atoms with Crippen molar-refractivity contribution in [2.45, 2.75) is 239 Å². The van der Waals surface area contributed by atoms with Gasteiger partial charge < -0.3 is 14.7 Å². The van der Waals surface area contributed by atoms with Crippen LogP contribution in [0.2, 0.25) is 0 Å². The lowest BCUT2D eigenvalue weighted by molar-refractivity contribution is 0.188. The number of rotatable bonds is 6. The molecule has 8 aromatic carbocycles. The van der Waals surface area contributed by atoms with Gasteiger partial charge in [0.2, 0.25) is 0 Å². The Morgan fingerprint density at radius 1 is 0.402 bits per heavy atom. The van der Waals surface area contributed by atoms with E-state index < -0.39 is 0 Å². The second-order valence-corrected chi connectivity index (χ2v) is 36.9. The van der Waals surface area contributed by atoms with E-state index >= 15 is 0 Å². The van der Waals surface area contributed by atoms with Crippen LogP contribution in [0, 0.1) is 6.92 Å². The maximum Gasteiger partial charge on any atom is 0.264 e. The lowest BCUT2D eigenvalue weighted by Crippen LogP contribution is -2.60. The lowest BCUT2D eigenvalue weighted by Gasteiger charge is -2.52.